The van der Waals surface area contributed by atoms with Crippen molar-refractivity contribution in [1.29, 1.82) is 0 Å². The van der Waals surface area contributed by atoms with Gasteiger partial charge in [-0.3, -0.25) is 4.79 Å². The summed E-state index contributed by atoms with van der Waals surface area (Å²) in [5.41, 5.74) is 1.88. The van der Waals surface area contributed by atoms with Gasteiger partial charge in [0.25, 0.3) is 5.91 Å². The highest BCUT2D eigenvalue weighted by Crippen LogP contribution is 2.21. The lowest BCUT2D eigenvalue weighted by atomic mass is 10.1. The van der Waals surface area contributed by atoms with Crippen molar-refractivity contribution in [2.75, 3.05) is 6.54 Å². The maximum absolute atomic E-state index is 12.1. The summed E-state index contributed by atoms with van der Waals surface area (Å²) >= 11 is 0. The SMILES string of the molecule is C[C@@H](Oc1ccccc1)C(=O)NC[C@H](O)c1ccc2c(ccn2C)c1. The van der Waals surface area contributed by atoms with Crippen LogP contribution in [0.4, 0.5) is 0 Å². The van der Waals surface area contributed by atoms with Gasteiger partial charge >= 0.3 is 0 Å². The van der Waals surface area contributed by atoms with E-state index >= 15 is 0 Å². The van der Waals surface area contributed by atoms with Crippen molar-refractivity contribution in [3.63, 3.8) is 0 Å². The predicted octanol–water partition coefficient (Wildman–Crippen LogP) is 2.80. The Labute approximate surface area is 146 Å². The minimum atomic E-state index is -0.766. The monoisotopic (exact) mass is 338 g/mol. The molecule has 0 saturated carbocycles. The zero-order chi connectivity index (χ0) is 17.8. The van der Waals surface area contributed by atoms with E-state index in [9.17, 15) is 9.90 Å². The molecule has 0 unspecified atom stereocenters. The van der Waals surface area contributed by atoms with Gasteiger partial charge in [-0.25, -0.2) is 0 Å². The van der Waals surface area contributed by atoms with Crippen LogP contribution in [0.15, 0.2) is 60.8 Å². The van der Waals surface area contributed by atoms with Gasteiger partial charge in [0, 0.05) is 25.3 Å². The molecule has 0 bridgehead atoms. The second-order valence-corrected chi connectivity index (χ2v) is 6.08. The first-order valence-electron chi connectivity index (χ1n) is 8.27. The van der Waals surface area contributed by atoms with E-state index in [2.05, 4.69) is 5.32 Å². The van der Waals surface area contributed by atoms with Crippen LogP contribution in [0.1, 0.15) is 18.6 Å². The number of ether oxygens (including phenoxy) is 1. The number of hydrogen-bond donors (Lipinski definition) is 2. The Morgan fingerprint density at radius 2 is 1.96 bits per heavy atom. The Hall–Kier alpha value is -2.79. The fourth-order valence-electron chi connectivity index (χ4n) is 2.72. The summed E-state index contributed by atoms with van der Waals surface area (Å²) in [6, 6.07) is 17.0. The molecule has 1 amide bonds. The smallest absolute Gasteiger partial charge is 0.260 e. The Kier molecular flexibility index (Phi) is 5.05. The van der Waals surface area contributed by atoms with Crippen LogP contribution in [0.25, 0.3) is 10.9 Å². The van der Waals surface area contributed by atoms with Crippen molar-refractivity contribution in [2.45, 2.75) is 19.1 Å². The largest absolute Gasteiger partial charge is 0.481 e. The van der Waals surface area contributed by atoms with Crippen molar-refractivity contribution in [3.8, 4) is 5.75 Å². The quantitative estimate of drug-likeness (QED) is 0.726. The molecular formula is C20H22N2O3. The van der Waals surface area contributed by atoms with E-state index in [1.165, 1.54) is 0 Å². The Morgan fingerprint density at radius 3 is 2.72 bits per heavy atom. The molecule has 2 N–H and O–H groups in total. The number of aliphatic hydroxyl groups is 1. The van der Waals surface area contributed by atoms with E-state index in [1.54, 1.807) is 19.1 Å². The fourth-order valence-corrected chi connectivity index (χ4v) is 2.72. The fraction of sp³-hybridized carbons (Fsp3) is 0.250. The van der Waals surface area contributed by atoms with Gasteiger partial charge in [-0.2, -0.15) is 0 Å². The van der Waals surface area contributed by atoms with E-state index in [-0.39, 0.29) is 12.5 Å². The van der Waals surface area contributed by atoms with E-state index in [1.807, 2.05) is 60.3 Å². The normalized spacial score (nSPS) is 13.4. The molecule has 0 aliphatic carbocycles. The minimum absolute atomic E-state index is 0.139. The van der Waals surface area contributed by atoms with E-state index < -0.39 is 12.2 Å². The van der Waals surface area contributed by atoms with Crippen LogP contribution in [0, 0.1) is 0 Å². The van der Waals surface area contributed by atoms with Crippen molar-refractivity contribution in [3.05, 3.63) is 66.4 Å². The molecule has 1 aromatic heterocycles. The van der Waals surface area contributed by atoms with Gasteiger partial charge in [0.1, 0.15) is 5.75 Å². The van der Waals surface area contributed by atoms with Gasteiger partial charge in [-0.15, -0.1) is 0 Å². The molecule has 0 aliphatic rings. The lowest BCUT2D eigenvalue weighted by Gasteiger charge is -2.17. The van der Waals surface area contributed by atoms with Gasteiger partial charge < -0.3 is 19.7 Å². The molecule has 5 heteroatoms. The van der Waals surface area contributed by atoms with Crippen molar-refractivity contribution >= 4 is 16.8 Å². The number of carbonyl (C=O) groups excluding carboxylic acids is 1. The standard InChI is InChI=1S/C20H22N2O3/c1-14(25-17-6-4-3-5-7-17)20(24)21-13-19(23)16-8-9-18-15(12-16)10-11-22(18)2/h3-12,14,19,23H,13H2,1-2H3,(H,21,24)/t14-,19+/m1/s1. The summed E-state index contributed by atoms with van der Waals surface area (Å²) in [5, 5.41) is 14.1. The van der Waals surface area contributed by atoms with Crippen LogP contribution in [0.2, 0.25) is 0 Å². The van der Waals surface area contributed by atoms with Gasteiger partial charge in [0.15, 0.2) is 6.10 Å². The highest BCUT2D eigenvalue weighted by atomic mass is 16.5. The second kappa shape index (κ2) is 7.40. The van der Waals surface area contributed by atoms with Gasteiger partial charge in [-0.05, 0) is 48.2 Å². The molecule has 0 spiro atoms. The number of aromatic nitrogens is 1. The molecular weight excluding hydrogens is 316 g/mol. The summed E-state index contributed by atoms with van der Waals surface area (Å²) in [5.74, 6) is 0.379. The molecule has 1 heterocycles. The Morgan fingerprint density at radius 1 is 1.20 bits per heavy atom. The zero-order valence-electron chi connectivity index (χ0n) is 14.3. The number of aliphatic hydroxyl groups excluding tert-OH is 1. The molecule has 2 atom stereocenters. The lowest BCUT2D eigenvalue weighted by Crippen LogP contribution is -2.38. The third-order valence-corrected chi connectivity index (χ3v) is 4.19. The maximum atomic E-state index is 12.1. The van der Waals surface area contributed by atoms with Crippen molar-refractivity contribution in [2.24, 2.45) is 7.05 Å². The summed E-state index contributed by atoms with van der Waals surface area (Å²) in [7, 11) is 1.98. The van der Waals surface area contributed by atoms with Crippen LogP contribution in [-0.2, 0) is 11.8 Å². The summed E-state index contributed by atoms with van der Waals surface area (Å²) in [6.07, 6.45) is 0.578. The number of aryl methyl sites for hydroxylation is 1. The molecule has 25 heavy (non-hydrogen) atoms. The van der Waals surface area contributed by atoms with E-state index in [0.717, 1.165) is 16.5 Å². The number of rotatable bonds is 6. The number of para-hydroxylation sites is 1. The molecule has 3 rings (SSSR count). The van der Waals surface area contributed by atoms with Crippen LogP contribution < -0.4 is 10.1 Å². The summed E-state index contributed by atoms with van der Waals surface area (Å²) < 4.78 is 7.60. The summed E-state index contributed by atoms with van der Waals surface area (Å²) in [6.45, 7) is 1.82. The number of amides is 1. The lowest BCUT2D eigenvalue weighted by molar-refractivity contribution is -0.127. The van der Waals surface area contributed by atoms with E-state index in [4.69, 9.17) is 4.74 Å². The highest BCUT2D eigenvalue weighted by molar-refractivity contribution is 5.81. The number of fused-ring (bicyclic) bond motifs is 1. The molecule has 0 saturated heterocycles. The first-order chi connectivity index (χ1) is 12.0. The average molecular weight is 338 g/mol. The zero-order valence-corrected chi connectivity index (χ0v) is 14.3. The Bertz CT molecular complexity index is 858. The molecule has 0 aliphatic heterocycles. The number of hydrogen-bond acceptors (Lipinski definition) is 3. The number of nitrogens with one attached hydrogen (secondary N) is 1. The average Bonchev–Trinajstić information content (AvgIpc) is 3.00. The van der Waals surface area contributed by atoms with Crippen LogP contribution in [0.5, 0.6) is 5.75 Å². The molecule has 0 fully saturated rings. The minimum Gasteiger partial charge on any atom is -0.481 e. The predicted molar refractivity (Wildman–Crippen MR) is 97.4 cm³/mol. The number of benzene rings is 2. The molecule has 3 aromatic rings. The number of carbonyl (C=O) groups is 1. The summed E-state index contributed by atoms with van der Waals surface area (Å²) in [4.78, 5) is 12.1. The topological polar surface area (TPSA) is 63.5 Å². The van der Waals surface area contributed by atoms with Gasteiger partial charge in [0.05, 0.1) is 6.10 Å². The first kappa shape index (κ1) is 17.0. The van der Waals surface area contributed by atoms with Crippen LogP contribution in [0.3, 0.4) is 0 Å². The third-order valence-electron chi connectivity index (χ3n) is 4.19. The van der Waals surface area contributed by atoms with Gasteiger partial charge in [-0.1, -0.05) is 24.3 Å². The van der Waals surface area contributed by atoms with Crippen molar-refractivity contribution < 1.29 is 14.6 Å². The molecule has 130 valence electrons. The first-order valence-corrected chi connectivity index (χ1v) is 8.27. The molecule has 2 aromatic carbocycles. The third kappa shape index (κ3) is 4.00. The Balaban J connectivity index is 1.56. The van der Waals surface area contributed by atoms with E-state index in [0.29, 0.717) is 5.75 Å². The van der Waals surface area contributed by atoms with Crippen LogP contribution in [-0.4, -0.2) is 28.2 Å². The second-order valence-electron chi connectivity index (χ2n) is 6.08. The number of nitrogens with zero attached hydrogens (tertiary/aromatic N) is 1. The maximum Gasteiger partial charge on any atom is 0.260 e. The van der Waals surface area contributed by atoms with Crippen LogP contribution >= 0.6 is 0 Å². The highest BCUT2D eigenvalue weighted by Gasteiger charge is 2.16. The molecule has 5 nitrogen and oxygen atoms in total. The van der Waals surface area contributed by atoms with Crippen molar-refractivity contribution in [1.82, 2.24) is 9.88 Å². The van der Waals surface area contributed by atoms with Gasteiger partial charge in [0.2, 0.25) is 0 Å². The molecule has 0 radical (unpaired) electrons.